The molecule has 1 aromatic heterocycles. The zero-order valence-corrected chi connectivity index (χ0v) is 11.8. The van der Waals surface area contributed by atoms with E-state index in [0.717, 1.165) is 0 Å². The lowest BCUT2D eigenvalue weighted by Gasteiger charge is -2.06. The molecule has 0 unspecified atom stereocenters. The number of nitro benzene ring substituents is 1. The largest absolute Gasteiger partial charge is 0.439 e. The molecule has 19 heavy (non-hydrogen) atoms. The van der Waals surface area contributed by atoms with E-state index >= 15 is 0 Å². The molecule has 0 amide bonds. The van der Waals surface area contributed by atoms with E-state index < -0.39 is 4.92 Å². The van der Waals surface area contributed by atoms with Crippen LogP contribution in [-0.4, -0.2) is 14.9 Å². The van der Waals surface area contributed by atoms with E-state index in [0.29, 0.717) is 27.6 Å². The molecular weight excluding hydrogens is 314 g/mol. The van der Waals surface area contributed by atoms with Gasteiger partial charge in [-0.05, 0) is 41.9 Å². The van der Waals surface area contributed by atoms with Gasteiger partial charge in [0.1, 0.15) is 16.2 Å². The standard InChI is InChI=1S/C12H10BrN3O3/c1-7-3-4-9(5-10(7)16(17)18)19-12-6-11(13)14-8(2)15-12/h3-6H,1-2H3. The van der Waals surface area contributed by atoms with Gasteiger partial charge < -0.3 is 4.74 Å². The van der Waals surface area contributed by atoms with E-state index in [1.165, 1.54) is 6.07 Å². The molecule has 0 fully saturated rings. The second-order valence-electron chi connectivity index (χ2n) is 3.88. The molecule has 2 rings (SSSR count). The average Bonchev–Trinajstić information content (AvgIpc) is 2.30. The maximum absolute atomic E-state index is 10.9. The lowest BCUT2D eigenvalue weighted by Crippen LogP contribution is -1.95. The van der Waals surface area contributed by atoms with Crippen molar-refractivity contribution < 1.29 is 9.66 Å². The van der Waals surface area contributed by atoms with E-state index in [4.69, 9.17) is 4.74 Å². The van der Waals surface area contributed by atoms with Gasteiger partial charge >= 0.3 is 0 Å². The van der Waals surface area contributed by atoms with Crippen molar-refractivity contribution in [3.8, 4) is 11.6 Å². The molecule has 0 aliphatic heterocycles. The van der Waals surface area contributed by atoms with Gasteiger partial charge in [-0.3, -0.25) is 10.1 Å². The Morgan fingerprint density at radius 2 is 2.00 bits per heavy atom. The highest BCUT2D eigenvalue weighted by molar-refractivity contribution is 9.10. The molecule has 0 spiro atoms. The first-order valence-corrected chi connectivity index (χ1v) is 6.19. The third-order valence-corrected chi connectivity index (χ3v) is 2.79. The fourth-order valence-corrected chi connectivity index (χ4v) is 1.98. The number of halogens is 1. The first-order chi connectivity index (χ1) is 8.95. The topological polar surface area (TPSA) is 78.2 Å². The van der Waals surface area contributed by atoms with E-state index in [2.05, 4.69) is 25.9 Å². The van der Waals surface area contributed by atoms with Crippen molar-refractivity contribution >= 4 is 21.6 Å². The Hall–Kier alpha value is -2.02. The first-order valence-electron chi connectivity index (χ1n) is 5.40. The van der Waals surface area contributed by atoms with Gasteiger partial charge in [-0.1, -0.05) is 0 Å². The third kappa shape index (κ3) is 3.25. The van der Waals surface area contributed by atoms with Crippen molar-refractivity contribution in [2.75, 3.05) is 0 Å². The molecule has 0 aliphatic carbocycles. The Morgan fingerprint density at radius 3 is 2.63 bits per heavy atom. The molecule has 0 N–H and O–H groups in total. The number of rotatable bonds is 3. The van der Waals surface area contributed by atoms with Crippen LogP contribution in [0.1, 0.15) is 11.4 Å². The number of ether oxygens (including phenoxy) is 1. The summed E-state index contributed by atoms with van der Waals surface area (Å²) in [5.41, 5.74) is 0.597. The fourth-order valence-electron chi connectivity index (χ4n) is 1.53. The minimum absolute atomic E-state index is 0.0161. The molecule has 0 bridgehead atoms. The summed E-state index contributed by atoms with van der Waals surface area (Å²) in [4.78, 5) is 18.6. The number of aromatic nitrogens is 2. The summed E-state index contributed by atoms with van der Waals surface area (Å²) in [6.07, 6.45) is 0. The Labute approximate surface area is 117 Å². The van der Waals surface area contributed by atoms with Crippen molar-refractivity contribution in [2.24, 2.45) is 0 Å². The van der Waals surface area contributed by atoms with Crippen molar-refractivity contribution in [1.82, 2.24) is 9.97 Å². The summed E-state index contributed by atoms with van der Waals surface area (Å²) in [5.74, 6) is 1.24. The van der Waals surface area contributed by atoms with Gasteiger partial charge in [-0.25, -0.2) is 4.98 Å². The molecular formula is C12H10BrN3O3. The minimum atomic E-state index is -0.441. The quantitative estimate of drug-likeness (QED) is 0.490. The van der Waals surface area contributed by atoms with Gasteiger partial charge in [0.25, 0.3) is 5.69 Å². The van der Waals surface area contributed by atoms with Crippen LogP contribution in [0.25, 0.3) is 0 Å². The lowest BCUT2D eigenvalue weighted by atomic mass is 10.2. The molecule has 7 heteroatoms. The number of nitrogens with zero attached hydrogens (tertiary/aromatic N) is 3. The van der Waals surface area contributed by atoms with E-state index in [9.17, 15) is 10.1 Å². The first kappa shape index (κ1) is 13.4. The summed E-state index contributed by atoms with van der Waals surface area (Å²) in [6, 6.07) is 6.27. The minimum Gasteiger partial charge on any atom is -0.439 e. The highest BCUT2D eigenvalue weighted by Gasteiger charge is 2.12. The Bertz CT molecular complexity index is 626. The maximum Gasteiger partial charge on any atom is 0.276 e. The number of hydrogen-bond acceptors (Lipinski definition) is 5. The molecule has 0 atom stereocenters. The second kappa shape index (κ2) is 5.31. The van der Waals surface area contributed by atoms with Crippen molar-refractivity contribution in [2.45, 2.75) is 13.8 Å². The van der Waals surface area contributed by atoms with Crippen LogP contribution < -0.4 is 4.74 Å². The van der Waals surface area contributed by atoms with Crippen LogP contribution in [0.4, 0.5) is 5.69 Å². The molecule has 0 saturated heterocycles. The van der Waals surface area contributed by atoms with Crippen LogP contribution in [0, 0.1) is 24.0 Å². The summed E-state index contributed by atoms with van der Waals surface area (Å²) in [6.45, 7) is 3.41. The highest BCUT2D eigenvalue weighted by Crippen LogP contribution is 2.27. The number of hydrogen-bond donors (Lipinski definition) is 0. The van der Waals surface area contributed by atoms with Gasteiger partial charge in [0.05, 0.1) is 11.0 Å². The molecule has 2 aromatic rings. The highest BCUT2D eigenvalue weighted by atomic mass is 79.9. The molecule has 0 radical (unpaired) electrons. The number of nitro groups is 1. The van der Waals surface area contributed by atoms with Gasteiger partial charge in [0, 0.05) is 11.6 Å². The SMILES string of the molecule is Cc1nc(Br)cc(Oc2ccc(C)c([N+](=O)[O-])c2)n1. The van der Waals surface area contributed by atoms with E-state index in [-0.39, 0.29) is 5.69 Å². The number of aryl methyl sites for hydroxylation is 2. The predicted molar refractivity (Wildman–Crippen MR) is 72.4 cm³/mol. The third-order valence-electron chi connectivity index (χ3n) is 2.38. The molecule has 1 heterocycles. The molecule has 0 saturated carbocycles. The van der Waals surface area contributed by atoms with Crippen molar-refractivity contribution in [3.63, 3.8) is 0 Å². The van der Waals surface area contributed by atoms with Gasteiger partial charge in [0.2, 0.25) is 5.88 Å². The Kier molecular flexibility index (Phi) is 3.75. The van der Waals surface area contributed by atoms with Gasteiger partial charge in [0.15, 0.2) is 0 Å². The Morgan fingerprint density at radius 1 is 1.26 bits per heavy atom. The zero-order chi connectivity index (χ0) is 14.0. The summed E-state index contributed by atoms with van der Waals surface area (Å²) in [7, 11) is 0. The zero-order valence-electron chi connectivity index (χ0n) is 10.3. The molecule has 98 valence electrons. The smallest absolute Gasteiger partial charge is 0.276 e. The van der Waals surface area contributed by atoms with Gasteiger partial charge in [-0.15, -0.1) is 0 Å². The Balaban J connectivity index is 2.33. The van der Waals surface area contributed by atoms with Crippen LogP contribution >= 0.6 is 15.9 Å². The van der Waals surface area contributed by atoms with E-state index in [1.807, 2.05) is 0 Å². The molecule has 1 aromatic carbocycles. The van der Waals surface area contributed by atoms with Crippen LogP contribution in [0.15, 0.2) is 28.9 Å². The van der Waals surface area contributed by atoms with Crippen LogP contribution in [0.5, 0.6) is 11.6 Å². The van der Waals surface area contributed by atoms with Crippen LogP contribution in [-0.2, 0) is 0 Å². The van der Waals surface area contributed by atoms with Crippen LogP contribution in [0.3, 0.4) is 0 Å². The average molecular weight is 324 g/mol. The van der Waals surface area contributed by atoms with Crippen molar-refractivity contribution in [1.29, 1.82) is 0 Å². The molecule has 0 aliphatic rings. The fraction of sp³-hybridized carbons (Fsp3) is 0.167. The monoisotopic (exact) mass is 323 g/mol. The summed E-state index contributed by atoms with van der Waals surface area (Å²) < 4.78 is 6.09. The lowest BCUT2D eigenvalue weighted by molar-refractivity contribution is -0.385. The number of benzene rings is 1. The maximum atomic E-state index is 10.9. The predicted octanol–water partition coefficient (Wildman–Crippen LogP) is 3.56. The van der Waals surface area contributed by atoms with Crippen LogP contribution in [0.2, 0.25) is 0 Å². The summed E-state index contributed by atoms with van der Waals surface area (Å²) in [5, 5.41) is 10.9. The summed E-state index contributed by atoms with van der Waals surface area (Å²) >= 11 is 3.24. The van der Waals surface area contributed by atoms with Gasteiger partial charge in [-0.2, -0.15) is 4.98 Å². The van der Waals surface area contributed by atoms with Crippen molar-refractivity contribution in [3.05, 3.63) is 50.4 Å². The van der Waals surface area contributed by atoms with E-state index in [1.54, 1.807) is 32.0 Å². The molecule has 6 nitrogen and oxygen atoms in total. The normalized spacial score (nSPS) is 10.3. The second-order valence-corrected chi connectivity index (χ2v) is 4.70.